The van der Waals surface area contributed by atoms with Gasteiger partial charge in [-0.15, -0.1) is 11.8 Å². The molecule has 2 rings (SSSR count). The average molecular weight is 413 g/mol. The van der Waals surface area contributed by atoms with Gasteiger partial charge in [0.15, 0.2) is 0 Å². The van der Waals surface area contributed by atoms with Gasteiger partial charge in [0.05, 0.1) is 12.7 Å². The fourth-order valence-corrected chi connectivity index (χ4v) is 3.14. The fourth-order valence-electron chi connectivity index (χ4n) is 2.59. The van der Waals surface area contributed by atoms with Gasteiger partial charge in [0, 0.05) is 23.2 Å². The molecular formula is C23H28N2O3S. The Labute approximate surface area is 177 Å². The quantitative estimate of drug-likeness (QED) is 0.343. The molecule has 29 heavy (non-hydrogen) atoms. The average Bonchev–Trinajstić information content (AvgIpc) is 2.73. The van der Waals surface area contributed by atoms with Crippen LogP contribution in [0.1, 0.15) is 25.8 Å². The van der Waals surface area contributed by atoms with E-state index in [1.54, 1.807) is 31.9 Å². The highest BCUT2D eigenvalue weighted by Gasteiger charge is 2.09. The first kappa shape index (κ1) is 22.4. The largest absolute Gasteiger partial charge is 0.495 e. The van der Waals surface area contributed by atoms with Crippen LogP contribution in [0.15, 0.2) is 70.8 Å². The summed E-state index contributed by atoms with van der Waals surface area (Å²) < 4.78 is 11.3. The first-order valence-electron chi connectivity index (χ1n) is 9.38. The lowest BCUT2D eigenvalue weighted by molar-refractivity contribution is -0.117. The Hall–Kier alpha value is -2.86. The van der Waals surface area contributed by atoms with E-state index < -0.39 is 0 Å². The molecule has 154 valence electrons. The number of carbonyl (C=O) groups excluding carboxylic acids is 1. The molecule has 0 fully saturated rings. The molecule has 0 aliphatic rings. The zero-order valence-electron chi connectivity index (χ0n) is 17.3. The van der Waals surface area contributed by atoms with Crippen molar-refractivity contribution in [2.24, 2.45) is 5.73 Å². The van der Waals surface area contributed by atoms with Crippen LogP contribution in [0, 0.1) is 0 Å². The van der Waals surface area contributed by atoms with E-state index in [0.717, 1.165) is 22.6 Å². The molecule has 3 N–H and O–H groups in total. The van der Waals surface area contributed by atoms with Crippen molar-refractivity contribution in [1.29, 1.82) is 0 Å². The Morgan fingerprint density at radius 2 is 1.86 bits per heavy atom. The van der Waals surface area contributed by atoms with Gasteiger partial charge >= 0.3 is 0 Å². The minimum atomic E-state index is -0.184. The fraction of sp³-hybridized carbons (Fsp3) is 0.261. The van der Waals surface area contributed by atoms with E-state index in [0.29, 0.717) is 29.3 Å². The van der Waals surface area contributed by atoms with Crippen LogP contribution in [-0.4, -0.2) is 19.3 Å². The molecule has 0 aliphatic carbocycles. The Morgan fingerprint density at radius 3 is 2.45 bits per heavy atom. The van der Waals surface area contributed by atoms with E-state index in [4.69, 9.17) is 15.2 Å². The van der Waals surface area contributed by atoms with Gasteiger partial charge in [-0.25, -0.2) is 0 Å². The second-order valence-electron chi connectivity index (χ2n) is 6.35. The zero-order valence-corrected chi connectivity index (χ0v) is 18.1. The van der Waals surface area contributed by atoms with Gasteiger partial charge in [-0.2, -0.15) is 0 Å². The summed E-state index contributed by atoms with van der Waals surface area (Å²) in [5, 5.41) is 2.90. The maximum atomic E-state index is 12.3. The number of rotatable bonds is 9. The molecule has 0 aliphatic heterocycles. The van der Waals surface area contributed by atoms with Gasteiger partial charge in [0.2, 0.25) is 0 Å². The first-order valence-corrected chi connectivity index (χ1v) is 10.6. The number of allylic oxidation sites excluding steroid dienone is 2. The number of benzene rings is 2. The van der Waals surface area contributed by atoms with E-state index in [1.807, 2.05) is 61.7 Å². The molecule has 0 saturated heterocycles. The topological polar surface area (TPSA) is 73.6 Å². The van der Waals surface area contributed by atoms with Crippen LogP contribution in [-0.2, 0) is 11.3 Å². The number of thioether (sulfide) groups is 1. The van der Waals surface area contributed by atoms with Crippen LogP contribution < -0.4 is 20.5 Å². The summed E-state index contributed by atoms with van der Waals surface area (Å²) in [4.78, 5) is 13.4. The summed E-state index contributed by atoms with van der Waals surface area (Å²) in [5.41, 5.74) is 7.78. The molecule has 2 aromatic carbocycles. The molecule has 5 nitrogen and oxygen atoms in total. The van der Waals surface area contributed by atoms with Crippen LogP contribution in [0.4, 0.5) is 0 Å². The Kier molecular flexibility index (Phi) is 8.68. The minimum absolute atomic E-state index is 0.184. The zero-order chi connectivity index (χ0) is 21.2. The van der Waals surface area contributed by atoms with E-state index >= 15 is 0 Å². The SMILES string of the molecule is CC/C=C\C(C(=O)NCc1ccc(Oc2ccc(SC)c(OC)c2)cc1)=C(/C)N. The monoisotopic (exact) mass is 412 g/mol. The van der Waals surface area contributed by atoms with Gasteiger partial charge in [0.25, 0.3) is 5.91 Å². The van der Waals surface area contributed by atoms with Crippen LogP contribution in [0.2, 0.25) is 0 Å². The van der Waals surface area contributed by atoms with Crippen LogP contribution in [0.25, 0.3) is 0 Å². The Morgan fingerprint density at radius 1 is 1.17 bits per heavy atom. The molecule has 0 radical (unpaired) electrons. The van der Waals surface area contributed by atoms with Crippen LogP contribution in [0.5, 0.6) is 17.2 Å². The van der Waals surface area contributed by atoms with Gasteiger partial charge in [0.1, 0.15) is 17.2 Å². The first-order chi connectivity index (χ1) is 14.0. The number of methoxy groups -OCH3 is 1. The molecule has 0 unspecified atom stereocenters. The van der Waals surface area contributed by atoms with Gasteiger partial charge in [-0.05, 0) is 49.4 Å². The summed E-state index contributed by atoms with van der Waals surface area (Å²) in [5.74, 6) is 2.02. The third kappa shape index (κ3) is 6.61. The Balaban J connectivity index is 1.99. The van der Waals surface area contributed by atoms with E-state index in [1.165, 1.54) is 0 Å². The predicted molar refractivity (Wildman–Crippen MR) is 119 cm³/mol. The lowest BCUT2D eigenvalue weighted by Crippen LogP contribution is -2.25. The van der Waals surface area contributed by atoms with Crippen molar-refractivity contribution >= 4 is 17.7 Å². The van der Waals surface area contributed by atoms with Crippen molar-refractivity contribution < 1.29 is 14.3 Å². The molecular weight excluding hydrogens is 384 g/mol. The Bertz CT molecular complexity index is 885. The van der Waals surface area contributed by atoms with Gasteiger partial charge < -0.3 is 20.5 Å². The summed E-state index contributed by atoms with van der Waals surface area (Å²) in [7, 11) is 1.65. The molecule has 0 aromatic heterocycles. The highest BCUT2D eigenvalue weighted by molar-refractivity contribution is 7.98. The van der Waals surface area contributed by atoms with Crippen molar-refractivity contribution in [3.63, 3.8) is 0 Å². The molecule has 0 atom stereocenters. The molecule has 0 spiro atoms. The second kappa shape index (κ2) is 11.2. The number of hydrogen-bond acceptors (Lipinski definition) is 5. The molecule has 0 bridgehead atoms. The van der Waals surface area contributed by atoms with Gasteiger partial charge in [-0.3, -0.25) is 4.79 Å². The number of carbonyl (C=O) groups is 1. The lowest BCUT2D eigenvalue weighted by Gasteiger charge is -2.11. The summed E-state index contributed by atoms with van der Waals surface area (Å²) in [6.07, 6.45) is 6.53. The highest BCUT2D eigenvalue weighted by atomic mass is 32.2. The number of hydrogen-bond donors (Lipinski definition) is 2. The second-order valence-corrected chi connectivity index (χ2v) is 7.20. The van der Waals surface area contributed by atoms with Crippen molar-refractivity contribution in [3.8, 4) is 17.2 Å². The summed E-state index contributed by atoms with van der Waals surface area (Å²) in [6, 6.07) is 13.3. The van der Waals surface area contributed by atoms with Gasteiger partial charge in [-0.1, -0.05) is 31.2 Å². The maximum Gasteiger partial charge on any atom is 0.253 e. The molecule has 2 aromatic rings. The third-order valence-electron chi connectivity index (χ3n) is 4.16. The molecule has 6 heteroatoms. The summed E-state index contributed by atoms with van der Waals surface area (Å²) in [6.45, 7) is 4.14. The van der Waals surface area contributed by atoms with Crippen LogP contribution in [0.3, 0.4) is 0 Å². The van der Waals surface area contributed by atoms with E-state index in [9.17, 15) is 4.79 Å². The smallest absolute Gasteiger partial charge is 0.253 e. The maximum absolute atomic E-state index is 12.3. The third-order valence-corrected chi connectivity index (χ3v) is 4.93. The summed E-state index contributed by atoms with van der Waals surface area (Å²) >= 11 is 1.62. The van der Waals surface area contributed by atoms with Crippen molar-refractivity contribution in [2.45, 2.75) is 31.7 Å². The highest BCUT2D eigenvalue weighted by Crippen LogP contribution is 2.33. The normalized spacial score (nSPS) is 11.9. The standard InChI is InChI=1S/C23H28N2O3S/c1-5-6-7-20(16(2)24)23(26)25-15-17-8-10-18(11-9-17)28-19-12-13-22(29-4)21(14-19)27-3/h6-14H,5,15,24H2,1-4H3,(H,25,26)/b7-6-,20-16-. The number of amides is 1. The lowest BCUT2D eigenvalue weighted by atomic mass is 10.1. The van der Waals surface area contributed by atoms with Crippen molar-refractivity contribution in [2.75, 3.05) is 13.4 Å². The molecule has 0 saturated carbocycles. The molecule has 1 amide bonds. The van der Waals surface area contributed by atoms with E-state index in [2.05, 4.69) is 5.32 Å². The molecule has 0 heterocycles. The van der Waals surface area contributed by atoms with Crippen molar-refractivity contribution in [1.82, 2.24) is 5.32 Å². The van der Waals surface area contributed by atoms with E-state index in [-0.39, 0.29) is 5.91 Å². The van der Waals surface area contributed by atoms with Crippen molar-refractivity contribution in [3.05, 3.63) is 71.5 Å². The number of nitrogens with one attached hydrogen (secondary N) is 1. The number of nitrogens with two attached hydrogens (primary N) is 1. The van der Waals surface area contributed by atoms with Crippen LogP contribution >= 0.6 is 11.8 Å². The minimum Gasteiger partial charge on any atom is -0.495 e. The predicted octanol–water partition coefficient (Wildman–Crippen LogP) is 5.02. The number of ether oxygens (including phenoxy) is 2.